The van der Waals surface area contributed by atoms with Gasteiger partial charge in [-0.25, -0.2) is 0 Å². The molecule has 100 valence electrons. The van der Waals surface area contributed by atoms with Gasteiger partial charge in [-0.15, -0.1) is 0 Å². The first-order chi connectivity index (χ1) is 9.20. The first-order valence-corrected chi connectivity index (χ1v) is 7.15. The minimum Gasteiger partial charge on any atom is -0.378 e. The SMILES string of the molecule is CCC(C)C(Nc1ccccc1)c1ccc(Cl)cc1. The van der Waals surface area contributed by atoms with Crippen molar-refractivity contribution in [1.29, 1.82) is 0 Å². The van der Waals surface area contributed by atoms with Crippen molar-refractivity contribution in [3.8, 4) is 0 Å². The lowest BCUT2D eigenvalue weighted by Gasteiger charge is -2.26. The molecule has 2 atom stereocenters. The molecular formula is C17H20ClN. The van der Waals surface area contributed by atoms with Crippen molar-refractivity contribution >= 4 is 17.3 Å². The van der Waals surface area contributed by atoms with Gasteiger partial charge in [-0.3, -0.25) is 0 Å². The van der Waals surface area contributed by atoms with Crippen LogP contribution < -0.4 is 5.32 Å². The monoisotopic (exact) mass is 273 g/mol. The Kier molecular flexibility index (Phi) is 4.86. The van der Waals surface area contributed by atoms with Gasteiger partial charge in [0.25, 0.3) is 0 Å². The van der Waals surface area contributed by atoms with Crippen molar-refractivity contribution in [1.82, 2.24) is 0 Å². The Morgan fingerprint density at radius 3 is 2.21 bits per heavy atom. The predicted molar refractivity (Wildman–Crippen MR) is 83.7 cm³/mol. The molecule has 0 aliphatic rings. The minimum absolute atomic E-state index is 0.310. The average molecular weight is 274 g/mol. The van der Waals surface area contributed by atoms with Crippen LogP contribution in [0.15, 0.2) is 54.6 Å². The highest BCUT2D eigenvalue weighted by Gasteiger charge is 2.17. The van der Waals surface area contributed by atoms with E-state index in [9.17, 15) is 0 Å². The molecule has 2 unspecified atom stereocenters. The van der Waals surface area contributed by atoms with Crippen LogP contribution in [0.4, 0.5) is 5.69 Å². The lowest BCUT2D eigenvalue weighted by atomic mass is 9.92. The smallest absolute Gasteiger partial charge is 0.0539 e. The van der Waals surface area contributed by atoms with Crippen LogP contribution in [0.1, 0.15) is 31.9 Å². The number of halogens is 1. The van der Waals surface area contributed by atoms with Crippen molar-refractivity contribution in [3.63, 3.8) is 0 Å². The van der Waals surface area contributed by atoms with Crippen molar-refractivity contribution in [3.05, 3.63) is 65.2 Å². The van der Waals surface area contributed by atoms with Crippen LogP contribution in [0.5, 0.6) is 0 Å². The second-order valence-electron chi connectivity index (χ2n) is 4.93. The van der Waals surface area contributed by atoms with Gasteiger partial charge in [0.1, 0.15) is 0 Å². The van der Waals surface area contributed by atoms with Crippen LogP contribution in [0.25, 0.3) is 0 Å². The van der Waals surface area contributed by atoms with E-state index in [4.69, 9.17) is 11.6 Å². The molecule has 19 heavy (non-hydrogen) atoms. The summed E-state index contributed by atoms with van der Waals surface area (Å²) in [6.45, 7) is 4.50. The summed E-state index contributed by atoms with van der Waals surface area (Å²) in [7, 11) is 0. The highest BCUT2D eigenvalue weighted by molar-refractivity contribution is 6.30. The molecule has 0 spiro atoms. The lowest BCUT2D eigenvalue weighted by Crippen LogP contribution is -2.18. The number of anilines is 1. The third kappa shape index (κ3) is 3.74. The molecule has 0 heterocycles. The lowest BCUT2D eigenvalue weighted by molar-refractivity contribution is 0.482. The summed E-state index contributed by atoms with van der Waals surface area (Å²) >= 11 is 5.97. The number of hydrogen-bond donors (Lipinski definition) is 1. The second-order valence-corrected chi connectivity index (χ2v) is 5.36. The maximum absolute atomic E-state index is 5.97. The first-order valence-electron chi connectivity index (χ1n) is 6.77. The number of nitrogens with one attached hydrogen (secondary N) is 1. The zero-order chi connectivity index (χ0) is 13.7. The highest BCUT2D eigenvalue weighted by Crippen LogP contribution is 2.29. The Morgan fingerprint density at radius 1 is 1.00 bits per heavy atom. The van der Waals surface area contributed by atoms with Gasteiger partial charge in [0.15, 0.2) is 0 Å². The van der Waals surface area contributed by atoms with Gasteiger partial charge in [-0.1, -0.05) is 62.2 Å². The minimum atomic E-state index is 0.310. The van der Waals surface area contributed by atoms with E-state index >= 15 is 0 Å². The van der Waals surface area contributed by atoms with Crippen LogP contribution in [-0.4, -0.2) is 0 Å². The van der Waals surface area contributed by atoms with Crippen LogP contribution in [0, 0.1) is 5.92 Å². The molecule has 0 aliphatic carbocycles. The first kappa shape index (κ1) is 14.0. The topological polar surface area (TPSA) is 12.0 Å². The summed E-state index contributed by atoms with van der Waals surface area (Å²) in [6, 6.07) is 18.8. The molecule has 2 rings (SSSR count). The molecule has 1 nitrogen and oxygen atoms in total. The van der Waals surface area contributed by atoms with Gasteiger partial charge in [-0.05, 0) is 35.7 Å². The number of rotatable bonds is 5. The van der Waals surface area contributed by atoms with Gasteiger partial charge in [0, 0.05) is 10.7 Å². The van der Waals surface area contributed by atoms with Crippen LogP contribution in [0.2, 0.25) is 5.02 Å². The molecule has 0 saturated carbocycles. The van der Waals surface area contributed by atoms with Gasteiger partial charge < -0.3 is 5.32 Å². The van der Waals surface area contributed by atoms with E-state index in [1.165, 1.54) is 5.56 Å². The quantitative estimate of drug-likeness (QED) is 0.754. The summed E-state index contributed by atoms with van der Waals surface area (Å²) in [5.74, 6) is 0.557. The van der Waals surface area contributed by atoms with E-state index < -0.39 is 0 Å². The van der Waals surface area contributed by atoms with Gasteiger partial charge >= 0.3 is 0 Å². The van der Waals surface area contributed by atoms with Gasteiger partial charge in [0.05, 0.1) is 6.04 Å². The van der Waals surface area contributed by atoms with E-state index in [0.717, 1.165) is 17.1 Å². The maximum Gasteiger partial charge on any atom is 0.0539 e. The third-order valence-corrected chi connectivity index (χ3v) is 3.79. The molecule has 0 fully saturated rings. The Hall–Kier alpha value is -1.47. The Balaban J connectivity index is 2.23. The molecule has 2 aromatic rings. The molecule has 0 radical (unpaired) electrons. The molecule has 0 aliphatic heterocycles. The Bertz CT molecular complexity index is 492. The maximum atomic E-state index is 5.97. The summed E-state index contributed by atoms with van der Waals surface area (Å²) in [5.41, 5.74) is 2.44. The standard InChI is InChI=1S/C17H20ClN/c1-3-13(2)17(14-9-11-15(18)12-10-14)19-16-7-5-4-6-8-16/h4-13,17,19H,3H2,1-2H3. The molecule has 0 aromatic heterocycles. The van der Waals surface area contributed by atoms with Crippen LogP contribution in [-0.2, 0) is 0 Å². The molecule has 0 amide bonds. The number of para-hydroxylation sites is 1. The number of hydrogen-bond acceptors (Lipinski definition) is 1. The summed E-state index contributed by atoms with van der Waals surface area (Å²) in [5, 5.41) is 4.41. The largest absolute Gasteiger partial charge is 0.378 e. The summed E-state index contributed by atoms with van der Waals surface area (Å²) in [6.07, 6.45) is 1.13. The molecule has 0 saturated heterocycles. The van der Waals surface area contributed by atoms with Crippen molar-refractivity contribution in [2.24, 2.45) is 5.92 Å². The molecule has 0 bridgehead atoms. The van der Waals surface area contributed by atoms with E-state index in [0.29, 0.717) is 12.0 Å². The molecule has 2 heteroatoms. The fraction of sp³-hybridized carbons (Fsp3) is 0.294. The van der Waals surface area contributed by atoms with Gasteiger partial charge in [-0.2, -0.15) is 0 Å². The van der Waals surface area contributed by atoms with E-state index in [1.54, 1.807) is 0 Å². The molecular weight excluding hydrogens is 254 g/mol. The van der Waals surface area contributed by atoms with Crippen LogP contribution >= 0.6 is 11.6 Å². The van der Waals surface area contributed by atoms with E-state index in [1.807, 2.05) is 18.2 Å². The summed E-state index contributed by atoms with van der Waals surface area (Å²) < 4.78 is 0. The van der Waals surface area contributed by atoms with Crippen molar-refractivity contribution < 1.29 is 0 Å². The van der Waals surface area contributed by atoms with Crippen molar-refractivity contribution in [2.45, 2.75) is 26.3 Å². The molecule has 2 aromatic carbocycles. The van der Waals surface area contributed by atoms with E-state index in [2.05, 4.69) is 55.6 Å². The van der Waals surface area contributed by atoms with E-state index in [-0.39, 0.29) is 0 Å². The predicted octanol–water partition coefficient (Wildman–Crippen LogP) is 5.54. The average Bonchev–Trinajstić information content (AvgIpc) is 2.46. The Labute approximate surface area is 120 Å². The van der Waals surface area contributed by atoms with Crippen LogP contribution in [0.3, 0.4) is 0 Å². The molecule has 1 N–H and O–H groups in total. The Morgan fingerprint density at radius 2 is 1.63 bits per heavy atom. The number of benzene rings is 2. The third-order valence-electron chi connectivity index (χ3n) is 3.54. The zero-order valence-corrected chi connectivity index (χ0v) is 12.2. The second kappa shape index (κ2) is 6.63. The normalized spacial score (nSPS) is 13.8. The highest BCUT2D eigenvalue weighted by atomic mass is 35.5. The zero-order valence-electron chi connectivity index (χ0n) is 11.4. The fourth-order valence-electron chi connectivity index (χ4n) is 2.17. The fourth-order valence-corrected chi connectivity index (χ4v) is 2.30. The van der Waals surface area contributed by atoms with Gasteiger partial charge in [0.2, 0.25) is 0 Å². The van der Waals surface area contributed by atoms with Crippen molar-refractivity contribution in [2.75, 3.05) is 5.32 Å². The summed E-state index contributed by atoms with van der Waals surface area (Å²) in [4.78, 5) is 0.